The molecule has 1 aliphatic carbocycles. The van der Waals surface area contributed by atoms with E-state index in [0.717, 1.165) is 41.3 Å². The van der Waals surface area contributed by atoms with Crippen molar-refractivity contribution in [3.8, 4) is 0 Å². The molecule has 0 saturated heterocycles. The largest absolute Gasteiger partial charge is 0.380 e. The Bertz CT molecular complexity index is 475. The minimum absolute atomic E-state index is 0.389. The van der Waals surface area contributed by atoms with Crippen molar-refractivity contribution in [1.82, 2.24) is 0 Å². The van der Waals surface area contributed by atoms with Gasteiger partial charge in [-0.05, 0) is 36.1 Å². The van der Waals surface area contributed by atoms with E-state index in [2.05, 4.69) is 27.0 Å². The summed E-state index contributed by atoms with van der Waals surface area (Å²) in [4.78, 5) is 14.9. The van der Waals surface area contributed by atoms with E-state index < -0.39 is 0 Å². The van der Waals surface area contributed by atoms with Crippen molar-refractivity contribution < 1.29 is 9.53 Å². The SMILES string of the molecule is COCc1ccc(Br)cc1C1(N=C=O)CCCC1. The van der Waals surface area contributed by atoms with Gasteiger partial charge in [-0.3, -0.25) is 0 Å². The second kappa shape index (κ2) is 5.79. The lowest BCUT2D eigenvalue weighted by molar-refractivity contribution is 0.182. The summed E-state index contributed by atoms with van der Waals surface area (Å²) in [6.45, 7) is 0.540. The predicted octanol–water partition coefficient (Wildman–Crippen LogP) is 3.70. The van der Waals surface area contributed by atoms with Gasteiger partial charge in [-0.2, -0.15) is 4.99 Å². The maximum Gasteiger partial charge on any atom is 0.235 e. The third kappa shape index (κ3) is 2.56. The van der Waals surface area contributed by atoms with Gasteiger partial charge in [0.05, 0.1) is 12.1 Å². The van der Waals surface area contributed by atoms with Crippen LogP contribution in [0.4, 0.5) is 0 Å². The fraction of sp³-hybridized carbons (Fsp3) is 0.500. The fourth-order valence-electron chi connectivity index (χ4n) is 2.75. The van der Waals surface area contributed by atoms with Crippen LogP contribution in [0.1, 0.15) is 36.8 Å². The van der Waals surface area contributed by atoms with Crippen molar-refractivity contribution in [2.24, 2.45) is 4.99 Å². The topological polar surface area (TPSA) is 38.7 Å². The standard InChI is InChI=1S/C14H16BrNO2/c1-18-9-11-4-5-12(15)8-13(11)14(16-10-17)6-2-3-7-14/h4-5,8H,2-3,6-7,9H2,1H3. The first-order chi connectivity index (χ1) is 8.72. The Morgan fingerprint density at radius 3 is 2.78 bits per heavy atom. The molecule has 18 heavy (non-hydrogen) atoms. The van der Waals surface area contributed by atoms with E-state index in [1.807, 2.05) is 12.1 Å². The molecule has 1 aromatic rings. The number of halogens is 1. The lowest BCUT2D eigenvalue weighted by Gasteiger charge is -2.26. The number of rotatable bonds is 4. The summed E-state index contributed by atoms with van der Waals surface area (Å²) in [6, 6.07) is 6.08. The molecule has 1 aliphatic rings. The Morgan fingerprint density at radius 1 is 1.44 bits per heavy atom. The molecular weight excluding hydrogens is 294 g/mol. The van der Waals surface area contributed by atoms with Crippen LogP contribution in [0.3, 0.4) is 0 Å². The van der Waals surface area contributed by atoms with Gasteiger partial charge in [-0.25, -0.2) is 4.79 Å². The normalized spacial score (nSPS) is 17.4. The van der Waals surface area contributed by atoms with Gasteiger partial charge >= 0.3 is 0 Å². The second-order valence-corrected chi connectivity index (χ2v) is 5.59. The van der Waals surface area contributed by atoms with E-state index in [1.165, 1.54) is 0 Å². The number of hydrogen-bond donors (Lipinski definition) is 0. The molecule has 0 atom stereocenters. The first-order valence-electron chi connectivity index (χ1n) is 6.09. The lowest BCUT2D eigenvalue weighted by atomic mass is 9.85. The van der Waals surface area contributed by atoms with Gasteiger partial charge < -0.3 is 4.74 Å². The van der Waals surface area contributed by atoms with Crippen LogP contribution >= 0.6 is 15.9 Å². The summed E-state index contributed by atoms with van der Waals surface area (Å²) in [5, 5.41) is 0. The summed E-state index contributed by atoms with van der Waals surface area (Å²) < 4.78 is 6.24. The molecule has 1 aromatic carbocycles. The average molecular weight is 310 g/mol. The van der Waals surface area contributed by atoms with Crippen molar-refractivity contribution in [2.75, 3.05) is 7.11 Å². The van der Waals surface area contributed by atoms with Crippen LogP contribution < -0.4 is 0 Å². The molecule has 1 fully saturated rings. The van der Waals surface area contributed by atoms with Gasteiger partial charge in [0.2, 0.25) is 6.08 Å². The highest BCUT2D eigenvalue weighted by atomic mass is 79.9. The van der Waals surface area contributed by atoms with Crippen molar-refractivity contribution in [3.63, 3.8) is 0 Å². The number of hydrogen-bond acceptors (Lipinski definition) is 3. The van der Waals surface area contributed by atoms with Gasteiger partial charge in [-0.15, -0.1) is 0 Å². The van der Waals surface area contributed by atoms with Gasteiger partial charge in [0.1, 0.15) is 0 Å². The maximum absolute atomic E-state index is 10.8. The number of nitrogens with zero attached hydrogens (tertiary/aromatic N) is 1. The highest BCUT2D eigenvalue weighted by molar-refractivity contribution is 9.10. The quantitative estimate of drug-likeness (QED) is 0.628. The Balaban J connectivity index is 2.52. The first-order valence-corrected chi connectivity index (χ1v) is 6.88. The third-order valence-corrected chi connectivity index (χ3v) is 4.06. The van der Waals surface area contributed by atoms with E-state index >= 15 is 0 Å². The third-order valence-electron chi connectivity index (χ3n) is 3.56. The van der Waals surface area contributed by atoms with Crippen LogP contribution in [0.2, 0.25) is 0 Å². The minimum atomic E-state index is -0.389. The van der Waals surface area contributed by atoms with E-state index in [0.29, 0.717) is 6.61 Å². The summed E-state index contributed by atoms with van der Waals surface area (Å²) in [5.41, 5.74) is 1.81. The molecule has 0 spiro atoms. The average Bonchev–Trinajstić information content (AvgIpc) is 2.82. The van der Waals surface area contributed by atoms with Crippen LogP contribution in [0.25, 0.3) is 0 Å². The maximum atomic E-state index is 10.8. The molecule has 0 aliphatic heterocycles. The zero-order valence-electron chi connectivity index (χ0n) is 10.4. The fourth-order valence-corrected chi connectivity index (χ4v) is 3.11. The Kier molecular flexibility index (Phi) is 4.33. The molecular formula is C14H16BrNO2. The van der Waals surface area contributed by atoms with Gasteiger partial charge in [0.15, 0.2) is 0 Å². The van der Waals surface area contributed by atoms with Gasteiger partial charge in [0, 0.05) is 11.6 Å². The monoisotopic (exact) mass is 309 g/mol. The Labute approximate surface area is 115 Å². The molecule has 4 heteroatoms. The molecule has 0 heterocycles. The van der Waals surface area contributed by atoms with Gasteiger partial charge in [0.25, 0.3) is 0 Å². The van der Waals surface area contributed by atoms with Crippen LogP contribution in [0, 0.1) is 0 Å². The van der Waals surface area contributed by atoms with Crippen LogP contribution in [0.5, 0.6) is 0 Å². The number of carbonyl (C=O) groups excluding carboxylic acids is 1. The van der Waals surface area contributed by atoms with E-state index in [1.54, 1.807) is 13.2 Å². The number of methoxy groups -OCH3 is 1. The van der Waals surface area contributed by atoms with E-state index in [9.17, 15) is 4.79 Å². The molecule has 2 rings (SSSR count). The smallest absolute Gasteiger partial charge is 0.235 e. The van der Waals surface area contributed by atoms with Crippen molar-refractivity contribution in [2.45, 2.75) is 37.8 Å². The number of isocyanates is 1. The van der Waals surface area contributed by atoms with Crippen molar-refractivity contribution in [1.29, 1.82) is 0 Å². The molecule has 1 saturated carbocycles. The number of aliphatic imine (C=N–C) groups is 1. The van der Waals surface area contributed by atoms with Crippen molar-refractivity contribution in [3.05, 3.63) is 33.8 Å². The highest BCUT2D eigenvalue weighted by Gasteiger charge is 2.37. The highest BCUT2D eigenvalue weighted by Crippen LogP contribution is 2.44. The Morgan fingerprint density at radius 2 is 2.17 bits per heavy atom. The summed E-state index contributed by atoms with van der Waals surface area (Å²) in [5.74, 6) is 0. The van der Waals surface area contributed by atoms with Crippen LogP contribution in [0.15, 0.2) is 27.7 Å². The van der Waals surface area contributed by atoms with Gasteiger partial charge in [-0.1, -0.05) is 34.8 Å². The molecule has 0 aromatic heterocycles. The summed E-state index contributed by atoms with van der Waals surface area (Å²) in [6.07, 6.45) is 5.78. The molecule has 0 unspecified atom stereocenters. The second-order valence-electron chi connectivity index (χ2n) is 4.68. The van der Waals surface area contributed by atoms with Crippen LogP contribution in [-0.2, 0) is 21.7 Å². The predicted molar refractivity (Wildman–Crippen MR) is 73.1 cm³/mol. The Hall–Kier alpha value is -0.960. The van der Waals surface area contributed by atoms with E-state index in [-0.39, 0.29) is 5.54 Å². The number of ether oxygens (including phenoxy) is 1. The molecule has 0 radical (unpaired) electrons. The summed E-state index contributed by atoms with van der Waals surface area (Å²) >= 11 is 3.49. The first kappa shape index (κ1) is 13.5. The zero-order valence-corrected chi connectivity index (χ0v) is 12.0. The molecule has 0 bridgehead atoms. The van der Waals surface area contributed by atoms with E-state index in [4.69, 9.17) is 4.74 Å². The number of benzene rings is 1. The zero-order chi connectivity index (χ0) is 13.0. The minimum Gasteiger partial charge on any atom is -0.380 e. The van der Waals surface area contributed by atoms with Crippen LogP contribution in [-0.4, -0.2) is 13.2 Å². The lowest BCUT2D eigenvalue weighted by Crippen LogP contribution is -2.21. The molecule has 3 nitrogen and oxygen atoms in total. The molecule has 0 amide bonds. The molecule has 96 valence electrons. The summed E-state index contributed by atoms with van der Waals surface area (Å²) in [7, 11) is 1.68. The molecule has 0 N–H and O–H groups in total. The van der Waals surface area contributed by atoms with Crippen molar-refractivity contribution >= 4 is 22.0 Å².